The number of benzene rings is 2. The molecule has 8 nitrogen and oxygen atoms in total. The molecule has 2 aliphatic heterocycles. The standard InChI is InChI=1S/C21H20ClN5O3S/c1-2-30-17-8-6-16(7-9-17)26-10-11-27-19(20(26)29)24-25-21(27)31-13-18(28)23-15-5-3-4-14(22)12-15/h3-12,19,24H,2,13H2,1H3,(H,23,28). The van der Waals surface area contributed by atoms with Gasteiger partial charge in [0.15, 0.2) is 5.17 Å². The number of nitrogens with zero attached hydrogens (tertiary/aromatic N) is 3. The largest absolute Gasteiger partial charge is 0.494 e. The summed E-state index contributed by atoms with van der Waals surface area (Å²) >= 11 is 7.17. The molecule has 160 valence electrons. The smallest absolute Gasteiger partial charge is 0.276 e. The van der Waals surface area contributed by atoms with Crippen LogP contribution >= 0.6 is 23.4 Å². The first-order chi connectivity index (χ1) is 15.0. The average molecular weight is 458 g/mol. The Hall–Kier alpha value is -3.17. The summed E-state index contributed by atoms with van der Waals surface area (Å²) in [4.78, 5) is 28.5. The molecule has 0 spiro atoms. The molecular weight excluding hydrogens is 438 g/mol. The number of hydrazone groups is 1. The summed E-state index contributed by atoms with van der Waals surface area (Å²) in [7, 11) is 0. The van der Waals surface area contributed by atoms with E-state index in [0.29, 0.717) is 22.5 Å². The number of nitrogens with one attached hydrogen (secondary N) is 2. The highest BCUT2D eigenvalue weighted by molar-refractivity contribution is 8.14. The zero-order chi connectivity index (χ0) is 21.8. The van der Waals surface area contributed by atoms with Gasteiger partial charge in [-0.25, -0.2) is 0 Å². The van der Waals surface area contributed by atoms with Crippen molar-refractivity contribution in [3.8, 4) is 5.75 Å². The van der Waals surface area contributed by atoms with Gasteiger partial charge in [0.2, 0.25) is 12.1 Å². The summed E-state index contributed by atoms with van der Waals surface area (Å²) < 4.78 is 5.45. The molecule has 1 atom stereocenters. The molecule has 0 bridgehead atoms. The lowest BCUT2D eigenvalue weighted by Gasteiger charge is -2.31. The molecule has 2 aromatic rings. The summed E-state index contributed by atoms with van der Waals surface area (Å²) in [6, 6.07) is 14.2. The predicted octanol–water partition coefficient (Wildman–Crippen LogP) is 3.43. The third-order valence-corrected chi connectivity index (χ3v) is 5.70. The van der Waals surface area contributed by atoms with Crippen LogP contribution in [0.4, 0.5) is 11.4 Å². The van der Waals surface area contributed by atoms with Crippen molar-refractivity contribution < 1.29 is 14.3 Å². The Kier molecular flexibility index (Phi) is 6.34. The van der Waals surface area contributed by atoms with Crippen molar-refractivity contribution in [2.45, 2.75) is 13.1 Å². The number of fused-ring (bicyclic) bond motifs is 1. The van der Waals surface area contributed by atoms with Crippen LogP contribution in [-0.2, 0) is 9.59 Å². The Morgan fingerprint density at radius 2 is 2.06 bits per heavy atom. The zero-order valence-corrected chi connectivity index (χ0v) is 18.2. The summed E-state index contributed by atoms with van der Waals surface area (Å²) in [5.74, 6) is 0.524. The van der Waals surface area contributed by atoms with Crippen molar-refractivity contribution in [2.75, 3.05) is 22.6 Å². The predicted molar refractivity (Wildman–Crippen MR) is 123 cm³/mol. The Morgan fingerprint density at radius 3 is 2.81 bits per heavy atom. The van der Waals surface area contributed by atoms with Gasteiger partial charge in [0.1, 0.15) is 5.75 Å². The van der Waals surface area contributed by atoms with E-state index in [9.17, 15) is 9.59 Å². The number of carbonyl (C=O) groups excluding carboxylic acids is 2. The SMILES string of the molecule is CCOc1ccc(N2C=CN3C(SCC(=O)Nc4cccc(Cl)c4)=NNC3C2=O)cc1. The summed E-state index contributed by atoms with van der Waals surface area (Å²) in [5, 5.41) is 8.11. The molecule has 0 fully saturated rings. The Morgan fingerprint density at radius 1 is 1.26 bits per heavy atom. The van der Waals surface area contributed by atoms with Crippen LogP contribution in [0.15, 0.2) is 66.0 Å². The fourth-order valence-electron chi connectivity index (χ4n) is 3.10. The lowest BCUT2D eigenvalue weighted by molar-refractivity contribution is -0.122. The van der Waals surface area contributed by atoms with Crippen molar-refractivity contribution in [2.24, 2.45) is 5.10 Å². The van der Waals surface area contributed by atoms with Gasteiger partial charge >= 0.3 is 0 Å². The van der Waals surface area contributed by atoms with E-state index < -0.39 is 6.17 Å². The van der Waals surface area contributed by atoms with E-state index >= 15 is 0 Å². The minimum atomic E-state index is -0.657. The van der Waals surface area contributed by atoms with E-state index in [-0.39, 0.29) is 17.6 Å². The van der Waals surface area contributed by atoms with Crippen LogP contribution in [0.2, 0.25) is 5.02 Å². The number of amides is 2. The quantitative estimate of drug-likeness (QED) is 0.691. The molecule has 2 N–H and O–H groups in total. The number of ether oxygens (including phenoxy) is 1. The maximum Gasteiger partial charge on any atom is 0.276 e. The minimum Gasteiger partial charge on any atom is -0.494 e. The number of carbonyl (C=O) groups is 2. The molecule has 0 radical (unpaired) electrons. The van der Waals surface area contributed by atoms with Gasteiger partial charge in [-0.2, -0.15) is 5.10 Å². The second kappa shape index (κ2) is 9.32. The van der Waals surface area contributed by atoms with Crippen molar-refractivity contribution in [1.82, 2.24) is 10.3 Å². The van der Waals surface area contributed by atoms with Crippen LogP contribution in [0, 0.1) is 0 Å². The van der Waals surface area contributed by atoms with Gasteiger partial charge in [0.05, 0.1) is 12.4 Å². The Labute approximate surface area is 188 Å². The number of amidine groups is 1. The van der Waals surface area contributed by atoms with Crippen molar-refractivity contribution in [1.29, 1.82) is 0 Å². The summed E-state index contributed by atoms with van der Waals surface area (Å²) in [5.41, 5.74) is 4.20. The number of hydrogen-bond donors (Lipinski definition) is 2. The maximum absolute atomic E-state index is 12.9. The van der Waals surface area contributed by atoms with E-state index in [1.54, 1.807) is 46.5 Å². The average Bonchev–Trinajstić information content (AvgIpc) is 3.18. The van der Waals surface area contributed by atoms with Gasteiger partial charge in [0, 0.05) is 28.8 Å². The van der Waals surface area contributed by atoms with Crippen molar-refractivity contribution in [3.63, 3.8) is 0 Å². The van der Waals surface area contributed by atoms with Crippen molar-refractivity contribution >= 4 is 51.7 Å². The van der Waals surface area contributed by atoms with Crippen LogP contribution in [-0.4, -0.2) is 40.4 Å². The highest BCUT2D eigenvalue weighted by Crippen LogP contribution is 2.27. The minimum absolute atomic E-state index is 0.140. The highest BCUT2D eigenvalue weighted by Gasteiger charge is 2.38. The van der Waals surface area contributed by atoms with Crippen LogP contribution < -0.4 is 20.4 Å². The molecular formula is C21H20ClN5O3S. The van der Waals surface area contributed by atoms with Crippen LogP contribution in [0.3, 0.4) is 0 Å². The molecule has 2 amide bonds. The van der Waals surface area contributed by atoms with E-state index in [2.05, 4.69) is 15.8 Å². The van der Waals surface area contributed by atoms with Gasteiger partial charge < -0.3 is 10.1 Å². The van der Waals surface area contributed by atoms with Gasteiger partial charge in [0.25, 0.3) is 5.91 Å². The first kappa shape index (κ1) is 21.1. The van der Waals surface area contributed by atoms with Crippen LogP contribution in [0.5, 0.6) is 5.75 Å². The van der Waals surface area contributed by atoms with Crippen LogP contribution in [0.1, 0.15) is 6.92 Å². The van der Waals surface area contributed by atoms with Gasteiger partial charge in [-0.3, -0.25) is 24.8 Å². The molecule has 2 heterocycles. The Balaban J connectivity index is 1.36. The van der Waals surface area contributed by atoms with Gasteiger partial charge in [-0.1, -0.05) is 29.4 Å². The molecule has 0 saturated carbocycles. The van der Waals surface area contributed by atoms with E-state index in [1.807, 2.05) is 31.2 Å². The summed E-state index contributed by atoms with van der Waals surface area (Å²) in [6.07, 6.45) is 2.79. The zero-order valence-electron chi connectivity index (χ0n) is 16.6. The second-order valence-corrected chi connectivity index (χ2v) is 7.99. The maximum atomic E-state index is 12.9. The number of hydrogen-bond acceptors (Lipinski definition) is 7. The molecule has 2 aliphatic rings. The highest BCUT2D eigenvalue weighted by atomic mass is 35.5. The van der Waals surface area contributed by atoms with E-state index in [0.717, 1.165) is 11.4 Å². The lowest BCUT2D eigenvalue weighted by atomic mass is 10.2. The molecule has 0 saturated heterocycles. The lowest BCUT2D eigenvalue weighted by Crippen LogP contribution is -2.52. The third kappa shape index (κ3) is 4.78. The summed E-state index contributed by atoms with van der Waals surface area (Å²) in [6.45, 7) is 2.50. The first-order valence-electron chi connectivity index (χ1n) is 9.59. The fraction of sp³-hybridized carbons (Fsp3) is 0.190. The molecule has 2 aromatic carbocycles. The Bertz CT molecular complexity index is 1040. The van der Waals surface area contributed by atoms with Gasteiger partial charge in [-0.05, 0) is 49.4 Å². The first-order valence-corrected chi connectivity index (χ1v) is 11.0. The van der Waals surface area contributed by atoms with Crippen LogP contribution in [0.25, 0.3) is 0 Å². The molecule has 4 rings (SSSR count). The second-order valence-electron chi connectivity index (χ2n) is 6.61. The van der Waals surface area contributed by atoms with Crippen molar-refractivity contribution in [3.05, 3.63) is 66.0 Å². The normalized spacial score (nSPS) is 17.2. The molecule has 0 aromatic heterocycles. The number of rotatable bonds is 6. The number of halogens is 1. The molecule has 0 aliphatic carbocycles. The van der Waals surface area contributed by atoms with E-state index in [1.165, 1.54) is 11.8 Å². The third-order valence-electron chi connectivity index (χ3n) is 4.50. The number of anilines is 2. The van der Waals surface area contributed by atoms with E-state index in [4.69, 9.17) is 16.3 Å². The molecule has 10 heteroatoms. The molecule has 31 heavy (non-hydrogen) atoms. The topological polar surface area (TPSA) is 86.3 Å². The number of thioether (sulfide) groups is 1. The molecule has 1 unspecified atom stereocenters. The fourth-order valence-corrected chi connectivity index (χ4v) is 4.05. The monoisotopic (exact) mass is 457 g/mol. The van der Waals surface area contributed by atoms with Gasteiger partial charge in [-0.15, -0.1) is 0 Å².